The molecule has 6 heteroatoms. The second kappa shape index (κ2) is 5.50. The molecule has 3 aromatic rings. The van der Waals surface area contributed by atoms with Crippen molar-refractivity contribution in [2.45, 2.75) is 0 Å². The fraction of sp³-hybridized carbons (Fsp3) is 0. The van der Waals surface area contributed by atoms with E-state index < -0.39 is 5.82 Å². The third-order valence-electron chi connectivity index (χ3n) is 3.05. The van der Waals surface area contributed by atoms with Gasteiger partial charge in [-0.1, -0.05) is 27.5 Å². The predicted octanol–water partition coefficient (Wildman–Crippen LogP) is 5.12. The van der Waals surface area contributed by atoms with Crippen LogP contribution in [0, 0.1) is 5.82 Å². The van der Waals surface area contributed by atoms with E-state index >= 15 is 0 Å². The van der Waals surface area contributed by atoms with Crippen molar-refractivity contribution in [3.63, 3.8) is 0 Å². The molecule has 1 aromatic heterocycles. The molecule has 0 spiro atoms. The van der Waals surface area contributed by atoms with E-state index in [2.05, 4.69) is 26.2 Å². The first-order valence-electron chi connectivity index (χ1n) is 6.10. The van der Waals surface area contributed by atoms with Crippen LogP contribution in [-0.4, -0.2) is 4.98 Å². The average Bonchev–Trinajstić information content (AvgIpc) is 2.46. The summed E-state index contributed by atoms with van der Waals surface area (Å²) in [5.74, 6) is -0.461. The number of anilines is 3. The average molecular weight is 367 g/mol. The number of rotatable bonds is 2. The summed E-state index contributed by atoms with van der Waals surface area (Å²) in [6.45, 7) is 0. The van der Waals surface area contributed by atoms with Crippen molar-refractivity contribution in [3.8, 4) is 0 Å². The molecule has 0 saturated carbocycles. The lowest BCUT2D eigenvalue weighted by molar-refractivity contribution is 0.628. The van der Waals surface area contributed by atoms with Crippen molar-refractivity contribution in [3.05, 3.63) is 57.9 Å². The first-order chi connectivity index (χ1) is 10.0. The third-order valence-corrected chi connectivity index (χ3v) is 3.83. The Morgan fingerprint density at radius 1 is 1.19 bits per heavy atom. The Labute approximate surface area is 134 Å². The van der Waals surface area contributed by atoms with Crippen molar-refractivity contribution in [1.29, 1.82) is 0 Å². The molecule has 0 bridgehead atoms. The van der Waals surface area contributed by atoms with E-state index in [9.17, 15) is 4.39 Å². The Balaban J connectivity index is 2.12. The van der Waals surface area contributed by atoms with E-state index in [1.165, 1.54) is 12.1 Å². The van der Waals surface area contributed by atoms with Gasteiger partial charge in [-0.15, -0.1) is 0 Å². The Morgan fingerprint density at radius 3 is 2.76 bits per heavy atom. The highest BCUT2D eigenvalue weighted by atomic mass is 79.9. The number of nitrogen functional groups attached to an aromatic ring is 1. The smallest absolute Gasteiger partial charge is 0.141 e. The zero-order valence-electron chi connectivity index (χ0n) is 10.7. The molecule has 106 valence electrons. The van der Waals surface area contributed by atoms with Crippen molar-refractivity contribution in [2.24, 2.45) is 0 Å². The van der Waals surface area contributed by atoms with Gasteiger partial charge in [-0.25, -0.2) is 4.39 Å². The SMILES string of the molecule is Nc1cnc2ccc(Br)cc2c1Nc1ccc(F)c(Cl)c1. The highest BCUT2D eigenvalue weighted by Crippen LogP contribution is 2.33. The summed E-state index contributed by atoms with van der Waals surface area (Å²) in [5.41, 5.74) is 8.68. The van der Waals surface area contributed by atoms with Crippen LogP contribution < -0.4 is 11.1 Å². The lowest BCUT2D eigenvalue weighted by atomic mass is 10.1. The summed E-state index contributed by atoms with van der Waals surface area (Å²) in [7, 11) is 0. The van der Waals surface area contributed by atoms with E-state index in [4.69, 9.17) is 17.3 Å². The van der Waals surface area contributed by atoms with Crippen molar-refractivity contribution >= 4 is 55.5 Å². The van der Waals surface area contributed by atoms with Gasteiger partial charge < -0.3 is 11.1 Å². The number of hydrogen-bond acceptors (Lipinski definition) is 3. The molecule has 0 aliphatic carbocycles. The van der Waals surface area contributed by atoms with Crippen LogP contribution in [0.3, 0.4) is 0 Å². The van der Waals surface area contributed by atoms with Gasteiger partial charge in [0, 0.05) is 15.5 Å². The van der Waals surface area contributed by atoms with E-state index in [1.54, 1.807) is 12.3 Å². The predicted molar refractivity (Wildman–Crippen MR) is 88.5 cm³/mol. The number of pyridine rings is 1. The summed E-state index contributed by atoms with van der Waals surface area (Å²) < 4.78 is 14.1. The molecule has 21 heavy (non-hydrogen) atoms. The topological polar surface area (TPSA) is 50.9 Å². The maximum atomic E-state index is 13.2. The first-order valence-corrected chi connectivity index (χ1v) is 7.27. The second-order valence-corrected chi connectivity index (χ2v) is 5.83. The summed E-state index contributed by atoms with van der Waals surface area (Å²) >= 11 is 9.23. The van der Waals surface area contributed by atoms with Crippen LogP contribution in [0.4, 0.5) is 21.5 Å². The quantitative estimate of drug-likeness (QED) is 0.662. The number of aromatic nitrogens is 1. The molecule has 2 aromatic carbocycles. The Bertz CT molecular complexity index is 833. The molecule has 3 nitrogen and oxygen atoms in total. The van der Waals surface area contributed by atoms with Crippen LogP contribution in [-0.2, 0) is 0 Å². The highest BCUT2D eigenvalue weighted by Gasteiger charge is 2.09. The van der Waals surface area contributed by atoms with E-state index in [-0.39, 0.29) is 5.02 Å². The van der Waals surface area contributed by atoms with Gasteiger partial charge in [0.2, 0.25) is 0 Å². The summed E-state index contributed by atoms with van der Waals surface area (Å²) in [6, 6.07) is 10.1. The molecule has 3 rings (SSSR count). The maximum Gasteiger partial charge on any atom is 0.141 e. The van der Waals surface area contributed by atoms with Crippen LogP contribution in [0.2, 0.25) is 5.02 Å². The zero-order valence-corrected chi connectivity index (χ0v) is 13.0. The number of fused-ring (bicyclic) bond motifs is 1. The minimum atomic E-state index is -0.461. The first kappa shape index (κ1) is 14.1. The van der Waals surface area contributed by atoms with Gasteiger partial charge >= 0.3 is 0 Å². The Morgan fingerprint density at radius 2 is 2.00 bits per heavy atom. The highest BCUT2D eigenvalue weighted by molar-refractivity contribution is 9.10. The van der Waals surface area contributed by atoms with Crippen LogP contribution >= 0.6 is 27.5 Å². The molecular formula is C15H10BrClFN3. The molecule has 0 unspecified atom stereocenters. The normalized spacial score (nSPS) is 10.8. The van der Waals surface area contributed by atoms with Gasteiger partial charge in [0.15, 0.2) is 0 Å². The van der Waals surface area contributed by atoms with Gasteiger partial charge in [0.05, 0.1) is 28.1 Å². The minimum Gasteiger partial charge on any atom is -0.396 e. The maximum absolute atomic E-state index is 13.2. The third kappa shape index (κ3) is 2.80. The largest absolute Gasteiger partial charge is 0.396 e. The molecule has 0 aliphatic rings. The van der Waals surface area contributed by atoms with Crippen LogP contribution in [0.1, 0.15) is 0 Å². The second-order valence-electron chi connectivity index (χ2n) is 4.50. The Kier molecular flexibility index (Phi) is 3.69. The molecular weight excluding hydrogens is 357 g/mol. The van der Waals surface area contributed by atoms with Crippen molar-refractivity contribution in [2.75, 3.05) is 11.1 Å². The summed E-state index contributed by atoms with van der Waals surface area (Å²) in [6.07, 6.45) is 1.59. The Hall–Kier alpha value is -1.85. The molecule has 1 heterocycles. The number of hydrogen-bond donors (Lipinski definition) is 2. The van der Waals surface area contributed by atoms with Gasteiger partial charge in [0.25, 0.3) is 0 Å². The number of benzene rings is 2. The molecule has 0 fully saturated rings. The molecule has 3 N–H and O–H groups in total. The molecule has 0 aliphatic heterocycles. The molecule has 0 saturated heterocycles. The number of nitrogens with two attached hydrogens (primary N) is 1. The molecule has 0 atom stereocenters. The van der Waals surface area contributed by atoms with Crippen molar-refractivity contribution in [1.82, 2.24) is 4.98 Å². The lowest BCUT2D eigenvalue weighted by Crippen LogP contribution is -1.99. The monoisotopic (exact) mass is 365 g/mol. The van der Waals surface area contributed by atoms with E-state index in [0.717, 1.165) is 15.4 Å². The van der Waals surface area contributed by atoms with E-state index in [0.29, 0.717) is 17.1 Å². The number of halogens is 3. The van der Waals surface area contributed by atoms with Crippen LogP contribution in [0.5, 0.6) is 0 Å². The number of nitrogens with zero attached hydrogens (tertiary/aromatic N) is 1. The van der Waals surface area contributed by atoms with E-state index in [1.807, 2.05) is 18.2 Å². The molecule has 0 radical (unpaired) electrons. The summed E-state index contributed by atoms with van der Waals surface area (Å²) in [5, 5.41) is 4.09. The standard InChI is InChI=1S/C15H10BrClFN3/c16-8-1-4-14-10(5-8)15(13(19)7-20-14)21-9-2-3-12(18)11(17)6-9/h1-7H,19H2,(H,20,21). The lowest BCUT2D eigenvalue weighted by Gasteiger charge is -2.13. The minimum absolute atomic E-state index is 0.0538. The van der Waals surface area contributed by atoms with Crippen LogP contribution in [0.15, 0.2) is 47.1 Å². The fourth-order valence-corrected chi connectivity index (χ4v) is 2.58. The molecule has 0 amide bonds. The number of nitrogens with one attached hydrogen (secondary N) is 1. The fourth-order valence-electron chi connectivity index (χ4n) is 2.04. The van der Waals surface area contributed by atoms with Gasteiger partial charge in [-0.2, -0.15) is 0 Å². The summed E-state index contributed by atoms with van der Waals surface area (Å²) in [4.78, 5) is 4.28. The van der Waals surface area contributed by atoms with Gasteiger partial charge in [-0.3, -0.25) is 4.98 Å². The zero-order chi connectivity index (χ0) is 15.0. The van der Waals surface area contributed by atoms with Gasteiger partial charge in [-0.05, 0) is 36.4 Å². The van der Waals surface area contributed by atoms with Crippen LogP contribution in [0.25, 0.3) is 10.9 Å². The van der Waals surface area contributed by atoms with Crippen molar-refractivity contribution < 1.29 is 4.39 Å². The van der Waals surface area contributed by atoms with Gasteiger partial charge in [0.1, 0.15) is 5.82 Å².